The highest BCUT2D eigenvalue weighted by Gasteiger charge is 2.20. The van der Waals surface area contributed by atoms with Gasteiger partial charge in [0.25, 0.3) is 0 Å². The highest BCUT2D eigenvalue weighted by Crippen LogP contribution is 2.17. The number of nitrogens with zero attached hydrogens (tertiary/aromatic N) is 3. The van der Waals surface area contributed by atoms with E-state index in [4.69, 9.17) is 0 Å². The van der Waals surface area contributed by atoms with Gasteiger partial charge in [-0.3, -0.25) is 9.79 Å². The number of piperazine rings is 1. The normalized spacial score (nSPS) is 15.5. The molecule has 1 aliphatic rings. The first-order valence-electron chi connectivity index (χ1n) is 8.27. The SMILES string of the molecule is CCNC(=NCCSc1ccc(F)cc1)N1CCN(C(C)=O)CC1. The van der Waals surface area contributed by atoms with E-state index in [0.29, 0.717) is 6.54 Å². The Morgan fingerprint density at radius 2 is 1.83 bits per heavy atom. The summed E-state index contributed by atoms with van der Waals surface area (Å²) in [6.45, 7) is 8.26. The summed E-state index contributed by atoms with van der Waals surface area (Å²) in [5.41, 5.74) is 0. The molecule has 1 aliphatic heterocycles. The molecule has 132 valence electrons. The van der Waals surface area contributed by atoms with Gasteiger partial charge in [0.05, 0.1) is 6.54 Å². The van der Waals surface area contributed by atoms with Gasteiger partial charge in [0.2, 0.25) is 5.91 Å². The molecule has 0 radical (unpaired) electrons. The second-order valence-electron chi connectivity index (χ2n) is 5.53. The molecule has 1 aromatic rings. The van der Waals surface area contributed by atoms with Crippen molar-refractivity contribution in [2.24, 2.45) is 4.99 Å². The van der Waals surface area contributed by atoms with Crippen LogP contribution in [0.2, 0.25) is 0 Å². The predicted octanol–water partition coefficient (Wildman–Crippen LogP) is 2.05. The summed E-state index contributed by atoms with van der Waals surface area (Å²) >= 11 is 1.67. The van der Waals surface area contributed by atoms with E-state index in [9.17, 15) is 9.18 Å². The van der Waals surface area contributed by atoms with E-state index in [1.165, 1.54) is 12.1 Å². The minimum Gasteiger partial charge on any atom is -0.357 e. The van der Waals surface area contributed by atoms with Crippen molar-refractivity contribution in [1.82, 2.24) is 15.1 Å². The first-order chi connectivity index (χ1) is 11.6. The lowest BCUT2D eigenvalue weighted by molar-refractivity contribution is -0.130. The van der Waals surface area contributed by atoms with E-state index < -0.39 is 0 Å². The molecule has 0 aliphatic carbocycles. The Bertz CT molecular complexity index is 556. The fourth-order valence-electron chi connectivity index (χ4n) is 2.50. The first kappa shape index (κ1) is 18.6. The fourth-order valence-corrected chi connectivity index (χ4v) is 3.25. The first-order valence-corrected chi connectivity index (χ1v) is 9.26. The molecule has 1 amide bonds. The van der Waals surface area contributed by atoms with Gasteiger partial charge in [-0.15, -0.1) is 11.8 Å². The summed E-state index contributed by atoms with van der Waals surface area (Å²) in [5.74, 6) is 1.66. The third-order valence-electron chi connectivity index (χ3n) is 3.79. The van der Waals surface area contributed by atoms with Crippen LogP contribution in [0, 0.1) is 5.82 Å². The summed E-state index contributed by atoms with van der Waals surface area (Å²) in [5, 5.41) is 3.32. The number of carbonyl (C=O) groups is 1. The molecule has 0 aromatic heterocycles. The van der Waals surface area contributed by atoms with Crippen LogP contribution in [0.15, 0.2) is 34.2 Å². The number of halogens is 1. The van der Waals surface area contributed by atoms with Crippen LogP contribution in [0.1, 0.15) is 13.8 Å². The van der Waals surface area contributed by atoms with Gasteiger partial charge < -0.3 is 15.1 Å². The Morgan fingerprint density at radius 1 is 1.21 bits per heavy atom. The van der Waals surface area contributed by atoms with E-state index >= 15 is 0 Å². The third-order valence-corrected chi connectivity index (χ3v) is 4.79. The molecule has 2 rings (SSSR count). The zero-order valence-electron chi connectivity index (χ0n) is 14.3. The van der Waals surface area contributed by atoms with Crippen LogP contribution < -0.4 is 5.32 Å². The second kappa shape index (κ2) is 9.52. The van der Waals surface area contributed by atoms with E-state index in [-0.39, 0.29) is 11.7 Å². The molecule has 1 aromatic carbocycles. The fraction of sp³-hybridized carbons (Fsp3) is 0.529. The predicted molar refractivity (Wildman–Crippen MR) is 96.9 cm³/mol. The van der Waals surface area contributed by atoms with Crippen LogP contribution in [-0.2, 0) is 4.79 Å². The molecule has 1 heterocycles. The number of rotatable bonds is 5. The number of hydrogen-bond donors (Lipinski definition) is 1. The molecule has 24 heavy (non-hydrogen) atoms. The van der Waals surface area contributed by atoms with Crippen LogP contribution in [0.3, 0.4) is 0 Å². The monoisotopic (exact) mass is 352 g/mol. The number of amides is 1. The topological polar surface area (TPSA) is 47.9 Å². The molecule has 0 spiro atoms. The Labute approximate surface area is 147 Å². The van der Waals surface area contributed by atoms with Gasteiger partial charge in [-0.1, -0.05) is 0 Å². The molecule has 1 N–H and O–H groups in total. The van der Waals surface area contributed by atoms with Crippen LogP contribution in [-0.4, -0.2) is 66.7 Å². The lowest BCUT2D eigenvalue weighted by Gasteiger charge is -2.36. The van der Waals surface area contributed by atoms with Crippen LogP contribution >= 0.6 is 11.8 Å². The van der Waals surface area contributed by atoms with Crippen molar-refractivity contribution < 1.29 is 9.18 Å². The molecule has 0 saturated carbocycles. The smallest absolute Gasteiger partial charge is 0.219 e. The summed E-state index contributed by atoms with van der Waals surface area (Å²) in [6, 6.07) is 6.53. The maximum atomic E-state index is 12.9. The Morgan fingerprint density at radius 3 is 2.42 bits per heavy atom. The number of benzene rings is 1. The maximum Gasteiger partial charge on any atom is 0.219 e. The van der Waals surface area contributed by atoms with Crippen molar-refractivity contribution in [3.8, 4) is 0 Å². The zero-order chi connectivity index (χ0) is 17.4. The molecule has 1 fully saturated rings. The molecule has 5 nitrogen and oxygen atoms in total. The van der Waals surface area contributed by atoms with Crippen molar-refractivity contribution in [3.05, 3.63) is 30.1 Å². The third kappa shape index (κ3) is 5.70. The minimum absolute atomic E-state index is 0.132. The minimum atomic E-state index is -0.212. The Balaban J connectivity index is 1.82. The Kier molecular flexibility index (Phi) is 7.36. The van der Waals surface area contributed by atoms with E-state index in [0.717, 1.165) is 49.3 Å². The van der Waals surface area contributed by atoms with E-state index in [2.05, 4.69) is 22.1 Å². The van der Waals surface area contributed by atoms with Crippen molar-refractivity contribution in [2.45, 2.75) is 18.7 Å². The second-order valence-corrected chi connectivity index (χ2v) is 6.70. The molecular formula is C17H25FN4OS. The van der Waals surface area contributed by atoms with Gasteiger partial charge in [0.1, 0.15) is 5.82 Å². The standard InChI is InChI=1S/C17H25FN4OS/c1-3-19-17(22-11-9-21(10-12-22)14(2)23)20-8-13-24-16-6-4-15(18)5-7-16/h4-7H,3,8-13H2,1-2H3,(H,19,20). The van der Waals surface area contributed by atoms with Gasteiger partial charge in [-0.25, -0.2) is 4.39 Å². The van der Waals surface area contributed by atoms with Crippen LogP contribution in [0.4, 0.5) is 4.39 Å². The van der Waals surface area contributed by atoms with Gasteiger partial charge in [-0.2, -0.15) is 0 Å². The number of aliphatic imine (C=N–C) groups is 1. The molecule has 0 atom stereocenters. The highest BCUT2D eigenvalue weighted by atomic mass is 32.2. The summed E-state index contributed by atoms with van der Waals surface area (Å²) in [4.78, 5) is 21.2. The average Bonchev–Trinajstić information content (AvgIpc) is 2.59. The number of carbonyl (C=O) groups excluding carboxylic acids is 1. The maximum absolute atomic E-state index is 12.9. The zero-order valence-corrected chi connectivity index (χ0v) is 15.1. The molecule has 7 heteroatoms. The van der Waals surface area contributed by atoms with Gasteiger partial charge in [0, 0.05) is 50.3 Å². The van der Waals surface area contributed by atoms with Crippen molar-refractivity contribution in [1.29, 1.82) is 0 Å². The van der Waals surface area contributed by atoms with Crippen molar-refractivity contribution in [2.75, 3.05) is 45.0 Å². The van der Waals surface area contributed by atoms with Gasteiger partial charge in [0.15, 0.2) is 5.96 Å². The number of hydrogen-bond acceptors (Lipinski definition) is 3. The quantitative estimate of drug-likeness (QED) is 0.381. The van der Waals surface area contributed by atoms with Crippen LogP contribution in [0.5, 0.6) is 0 Å². The van der Waals surface area contributed by atoms with Gasteiger partial charge >= 0.3 is 0 Å². The molecule has 0 unspecified atom stereocenters. The van der Waals surface area contributed by atoms with Crippen LogP contribution in [0.25, 0.3) is 0 Å². The highest BCUT2D eigenvalue weighted by molar-refractivity contribution is 7.99. The lowest BCUT2D eigenvalue weighted by atomic mass is 10.3. The van der Waals surface area contributed by atoms with Crippen molar-refractivity contribution >= 4 is 23.6 Å². The van der Waals surface area contributed by atoms with E-state index in [1.54, 1.807) is 30.8 Å². The molecule has 1 saturated heterocycles. The number of guanidine groups is 1. The average molecular weight is 352 g/mol. The largest absolute Gasteiger partial charge is 0.357 e. The Hall–Kier alpha value is -1.76. The summed E-state index contributed by atoms with van der Waals surface area (Å²) in [6.07, 6.45) is 0. The molecular weight excluding hydrogens is 327 g/mol. The summed E-state index contributed by atoms with van der Waals surface area (Å²) in [7, 11) is 0. The lowest BCUT2D eigenvalue weighted by Crippen LogP contribution is -2.53. The number of nitrogens with one attached hydrogen (secondary N) is 1. The molecule has 0 bridgehead atoms. The van der Waals surface area contributed by atoms with E-state index in [1.807, 2.05) is 4.90 Å². The number of thioether (sulfide) groups is 1. The van der Waals surface area contributed by atoms with Crippen molar-refractivity contribution in [3.63, 3.8) is 0 Å². The van der Waals surface area contributed by atoms with Gasteiger partial charge in [-0.05, 0) is 31.2 Å². The summed E-state index contributed by atoms with van der Waals surface area (Å²) < 4.78 is 12.9.